The van der Waals surface area contributed by atoms with Crippen LogP contribution >= 0.6 is 11.3 Å². The molecule has 0 aliphatic heterocycles. The van der Waals surface area contributed by atoms with Gasteiger partial charge in [-0.2, -0.15) is 0 Å². The maximum Gasteiger partial charge on any atom is 0.172 e. The van der Waals surface area contributed by atoms with Gasteiger partial charge in [0.1, 0.15) is 5.69 Å². The third kappa shape index (κ3) is 2.06. The van der Waals surface area contributed by atoms with Crippen LogP contribution in [-0.2, 0) is 6.42 Å². The van der Waals surface area contributed by atoms with Gasteiger partial charge in [-0.15, -0.1) is 16.4 Å². The van der Waals surface area contributed by atoms with E-state index in [1.165, 1.54) is 5.56 Å². The van der Waals surface area contributed by atoms with Crippen LogP contribution in [0.5, 0.6) is 0 Å². The van der Waals surface area contributed by atoms with E-state index in [0.29, 0.717) is 5.69 Å². The molecule has 4 nitrogen and oxygen atoms in total. The number of aryl methyl sites for hydroxylation is 1. The molecule has 0 atom stereocenters. The first kappa shape index (κ1) is 12.7. The molecule has 20 heavy (non-hydrogen) atoms. The van der Waals surface area contributed by atoms with E-state index in [0.717, 1.165) is 29.0 Å². The summed E-state index contributed by atoms with van der Waals surface area (Å²) in [6, 6.07) is 12.0. The summed E-state index contributed by atoms with van der Waals surface area (Å²) < 4.78 is 1.76. The Labute approximate surface area is 120 Å². The molecule has 0 aliphatic rings. The largest absolute Gasteiger partial charge is 0.296 e. The van der Waals surface area contributed by atoms with Crippen LogP contribution in [0.2, 0.25) is 0 Å². The van der Waals surface area contributed by atoms with Crippen molar-refractivity contribution in [1.29, 1.82) is 0 Å². The topological polar surface area (TPSA) is 47.8 Å². The number of aldehydes is 1. The molecule has 0 N–H and O–H groups in total. The second kappa shape index (κ2) is 5.38. The van der Waals surface area contributed by atoms with Crippen LogP contribution in [0.25, 0.3) is 16.3 Å². The lowest BCUT2D eigenvalue weighted by molar-refractivity contribution is 0.111. The lowest BCUT2D eigenvalue weighted by Gasteiger charge is -2.09. The fourth-order valence-electron chi connectivity index (χ4n) is 2.20. The van der Waals surface area contributed by atoms with Crippen LogP contribution < -0.4 is 0 Å². The van der Waals surface area contributed by atoms with Crippen molar-refractivity contribution in [3.8, 4) is 16.3 Å². The number of para-hydroxylation sites is 1. The Morgan fingerprint density at radius 2 is 2.10 bits per heavy atom. The maximum absolute atomic E-state index is 11.2. The minimum Gasteiger partial charge on any atom is -0.296 e. The normalized spacial score (nSPS) is 10.7. The van der Waals surface area contributed by atoms with Gasteiger partial charge in [-0.1, -0.05) is 36.4 Å². The maximum atomic E-state index is 11.2. The van der Waals surface area contributed by atoms with E-state index in [1.807, 2.05) is 35.7 Å². The molecule has 3 aromatic rings. The van der Waals surface area contributed by atoms with Gasteiger partial charge in [0.05, 0.1) is 10.6 Å². The van der Waals surface area contributed by atoms with E-state index >= 15 is 0 Å². The number of aromatic nitrogens is 3. The highest BCUT2D eigenvalue weighted by molar-refractivity contribution is 7.13. The number of nitrogens with zero attached hydrogens (tertiary/aromatic N) is 3. The van der Waals surface area contributed by atoms with Gasteiger partial charge in [0.25, 0.3) is 0 Å². The molecule has 3 rings (SSSR count). The second-order valence-corrected chi connectivity index (χ2v) is 5.26. The van der Waals surface area contributed by atoms with Gasteiger partial charge in [-0.3, -0.25) is 4.79 Å². The van der Waals surface area contributed by atoms with Crippen LogP contribution in [0.3, 0.4) is 0 Å². The van der Waals surface area contributed by atoms with Crippen molar-refractivity contribution in [1.82, 2.24) is 15.0 Å². The van der Waals surface area contributed by atoms with Gasteiger partial charge in [0, 0.05) is 0 Å². The third-order valence-electron chi connectivity index (χ3n) is 3.16. The number of carbonyl (C=O) groups excluding carboxylic acids is 1. The van der Waals surface area contributed by atoms with Crippen molar-refractivity contribution in [2.24, 2.45) is 0 Å². The van der Waals surface area contributed by atoms with Crippen molar-refractivity contribution >= 4 is 17.6 Å². The molecule has 5 heteroatoms. The highest BCUT2D eigenvalue weighted by atomic mass is 32.1. The smallest absolute Gasteiger partial charge is 0.172 e. The van der Waals surface area contributed by atoms with Crippen LogP contribution in [0.1, 0.15) is 23.0 Å². The van der Waals surface area contributed by atoms with Gasteiger partial charge >= 0.3 is 0 Å². The van der Waals surface area contributed by atoms with Crippen LogP contribution in [0.4, 0.5) is 0 Å². The zero-order valence-electron chi connectivity index (χ0n) is 11.0. The average Bonchev–Trinajstić information content (AvgIpc) is 3.15. The molecule has 0 saturated carbocycles. The summed E-state index contributed by atoms with van der Waals surface area (Å²) in [7, 11) is 0. The zero-order valence-corrected chi connectivity index (χ0v) is 11.8. The van der Waals surface area contributed by atoms with Gasteiger partial charge in [0.2, 0.25) is 0 Å². The van der Waals surface area contributed by atoms with Gasteiger partial charge in [-0.05, 0) is 29.5 Å². The van der Waals surface area contributed by atoms with Crippen molar-refractivity contribution in [3.63, 3.8) is 0 Å². The van der Waals surface area contributed by atoms with Gasteiger partial charge in [-0.25, -0.2) is 4.68 Å². The number of hydrogen-bond donors (Lipinski definition) is 0. The first-order valence-electron chi connectivity index (χ1n) is 6.38. The molecule has 0 amide bonds. The molecule has 0 saturated heterocycles. The summed E-state index contributed by atoms with van der Waals surface area (Å²) in [5.41, 5.74) is 3.28. The third-order valence-corrected chi connectivity index (χ3v) is 4.04. The Bertz CT molecular complexity index is 731. The zero-order chi connectivity index (χ0) is 13.9. The predicted octanol–water partition coefficient (Wildman–Crippen LogP) is 3.37. The molecule has 2 aromatic heterocycles. The van der Waals surface area contributed by atoms with Crippen molar-refractivity contribution < 1.29 is 4.79 Å². The van der Waals surface area contributed by atoms with E-state index in [1.54, 1.807) is 16.0 Å². The standard InChI is InChI=1S/C15H13N3OS/c1-2-11-6-3-4-7-13(11)18-15(12(10-19)16-17-18)14-8-5-9-20-14/h3-10H,2H2,1H3. The quantitative estimate of drug-likeness (QED) is 0.690. The fourth-order valence-corrected chi connectivity index (χ4v) is 2.97. The van der Waals surface area contributed by atoms with Crippen LogP contribution in [-0.4, -0.2) is 21.3 Å². The van der Waals surface area contributed by atoms with E-state index in [4.69, 9.17) is 0 Å². The predicted molar refractivity (Wildman–Crippen MR) is 79.4 cm³/mol. The second-order valence-electron chi connectivity index (χ2n) is 4.31. The molecule has 0 unspecified atom stereocenters. The first-order valence-corrected chi connectivity index (χ1v) is 7.26. The Kier molecular flexibility index (Phi) is 3.43. The highest BCUT2D eigenvalue weighted by Crippen LogP contribution is 2.29. The van der Waals surface area contributed by atoms with Crippen LogP contribution in [0, 0.1) is 0 Å². The van der Waals surface area contributed by atoms with E-state index in [-0.39, 0.29) is 0 Å². The molecule has 0 bridgehead atoms. The van der Waals surface area contributed by atoms with Crippen molar-refractivity contribution in [2.45, 2.75) is 13.3 Å². The number of carbonyl (C=O) groups is 1. The summed E-state index contributed by atoms with van der Waals surface area (Å²) in [6.07, 6.45) is 1.66. The molecule has 2 heterocycles. The number of thiophene rings is 1. The summed E-state index contributed by atoms with van der Waals surface area (Å²) in [5, 5.41) is 10.1. The molecule has 0 spiro atoms. The molecule has 0 fully saturated rings. The van der Waals surface area contributed by atoms with Crippen molar-refractivity contribution in [2.75, 3.05) is 0 Å². The van der Waals surface area contributed by atoms with E-state index in [9.17, 15) is 4.79 Å². The summed E-state index contributed by atoms with van der Waals surface area (Å²) >= 11 is 1.57. The van der Waals surface area contributed by atoms with Crippen LogP contribution in [0.15, 0.2) is 41.8 Å². The minimum absolute atomic E-state index is 0.373. The van der Waals surface area contributed by atoms with Gasteiger partial charge in [0.15, 0.2) is 12.0 Å². The minimum atomic E-state index is 0.373. The fraction of sp³-hybridized carbons (Fsp3) is 0.133. The van der Waals surface area contributed by atoms with E-state index in [2.05, 4.69) is 23.3 Å². The number of benzene rings is 1. The van der Waals surface area contributed by atoms with Crippen molar-refractivity contribution in [3.05, 3.63) is 53.0 Å². The molecule has 0 radical (unpaired) electrons. The Morgan fingerprint density at radius 3 is 2.80 bits per heavy atom. The molecule has 0 aliphatic carbocycles. The Hall–Kier alpha value is -2.27. The Morgan fingerprint density at radius 1 is 1.25 bits per heavy atom. The molecule has 1 aromatic carbocycles. The average molecular weight is 283 g/mol. The molecular weight excluding hydrogens is 270 g/mol. The van der Waals surface area contributed by atoms with Gasteiger partial charge < -0.3 is 0 Å². The lowest BCUT2D eigenvalue weighted by Crippen LogP contribution is -2.02. The number of hydrogen-bond acceptors (Lipinski definition) is 4. The highest BCUT2D eigenvalue weighted by Gasteiger charge is 2.17. The summed E-state index contributed by atoms with van der Waals surface area (Å²) in [4.78, 5) is 12.2. The summed E-state index contributed by atoms with van der Waals surface area (Å²) in [5.74, 6) is 0. The first-order chi connectivity index (χ1) is 9.85. The van der Waals surface area contributed by atoms with E-state index < -0.39 is 0 Å². The lowest BCUT2D eigenvalue weighted by atomic mass is 10.1. The summed E-state index contributed by atoms with van der Waals surface area (Å²) in [6.45, 7) is 2.10. The Balaban J connectivity index is 2.25. The SMILES string of the molecule is CCc1ccccc1-n1nnc(C=O)c1-c1cccs1. The number of rotatable bonds is 4. The molecule has 100 valence electrons. The molecular formula is C15H13N3OS. The monoisotopic (exact) mass is 283 g/mol.